The Bertz CT molecular complexity index is 1010. The molecule has 4 rings (SSSR count). The van der Waals surface area contributed by atoms with Crippen LogP contribution in [0.3, 0.4) is 0 Å². The van der Waals surface area contributed by atoms with Crippen molar-refractivity contribution in [1.82, 2.24) is 0 Å². The zero-order valence-electron chi connectivity index (χ0n) is 20.4. The molecule has 2 aliphatic carbocycles. The number of fused-ring (bicyclic) bond motifs is 3. The van der Waals surface area contributed by atoms with Crippen LogP contribution in [0.15, 0.2) is 12.1 Å². The number of hydrogen-bond acceptors (Lipinski definition) is 1. The Balaban J connectivity index is 1.55. The van der Waals surface area contributed by atoms with Gasteiger partial charge in [-0.3, -0.25) is 0 Å². The maximum absolute atomic E-state index is 15.2. The van der Waals surface area contributed by atoms with Gasteiger partial charge in [0, 0.05) is 11.1 Å². The van der Waals surface area contributed by atoms with Crippen LogP contribution in [0.4, 0.5) is 17.6 Å². The van der Waals surface area contributed by atoms with E-state index in [0.717, 1.165) is 50.9 Å². The number of rotatable bonds is 9. The van der Waals surface area contributed by atoms with Gasteiger partial charge >= 0.3 is 0 Å². The van der Waals surface area contributed by atoms with Gasteiger partial charge in [0.1, 0.15) is 0 Å². The second-order valence-electron chi connectivity index (χ2n) is 10.2. The van der Waals surface area contributed by atoms with E-state index < -0.39 is 23.3 Å². The standard InChI is InChI=1S/C29H36F4O/c1-3-5-6-8-22-15-20-13-14-21-16-23(34-17-19-11-9-18(7-4-2)10-12-19)27(31)29(33)25(21)24(20)28(32)26(22)30/h15-16,18-19H,3-14,17H2,1-2H3. The maximum Gasteiger partial charge on any atom is 0.201 e. The molecule has 1 fully saturated rings. The molecule has 0 radical (unpaired) electrons. The molecule has 2 aromatic carbocycles. The van der Waals surface area contributed by atoms with Gasteiger partial charge in [-0.25, -0.2) is 13.2 Å². The molecule has 2 aliphatic rings. The third-order valence-corrected chi connectivity index (χ3v) is 7.72. The van der Waals surface area contributed by atoms with Crippen molar-refractivity contribution in [3.05, 3.63) is 52.1 Å². The number of ether oxygens (including phenoxy) is 1. The fourth-order valence-electron chi connectivity index (χ4n) is 5.75. The van der Waals surface area contributed by atoms with Crippen molar-refractivity contribution in [1.29, 1.82) is 0 Å². The molecule has 0 spiro atoms. The topological polar surface area (TPSA) is 9.23 Å². The summed E-state index contributed by atoms with van der Waals surface area (Å²) >= 11 is 0. The Morgan fingerprint density at radius 3 is 2.00 bits per heavy atom. The van der Waals surface area contributed by atoms with Crippen LogP contribution in [0.5, 0.6) is 5.75 Å². The lowest BCUT2D eigenvalue weighted by molar-refractivity contribution is 0.173. The lowest BCUT2D eigenvalue weighted by atomic mass is 9.80. The van der Waals surface area contributed by atoms with Crippen molar-refractivity contribution in [2.75, 3.05) is 6.61 Å². The Labute approximate surface area is 200 Å². The summed E-state index contributed by atoms with van der Waals surface area (Å²) in [7, 11) is 0. The Kier molecular flexibility index (Phi) is 8.21. The van der Waals surface area contributed by atoms with Gasteiger partial charge in [-0.15, -0.1) is 0 Å². The fraction of sp³-hybridized carbons (Fsp3) is 0.586. The summed E-state index contributed by atoms with van der Waals surface area (Å²) < 4.78 is 65.9. The minimum absolute atomic E-state index is 0.118. The fourth-order valence-corrected chi connectivity index (χ4v) is 5.75. The summed E-state index contributed by atoms with van der Waals surface area (Å²) in [5.41, 5.74) is 1.07. The normalized spacial score (nSPS) is 19.6. The van der Waals surface area contributed by atoms with Gasteiger partial charge in [0.2, 0.25) is 5.82 Å². The smallest absolute Gasteiger partial charge is 0.201 e. The molecular weight excluding hydrogens is 440 g/mol. The van der Waals surface area contributed by atoms with E-state index in [2.05, 4.69) is 6.92 Å². The van der Waals surface area contributed by atoms with Gasteiger partial charge in [0.25, 0.3) is 0 Å². The predicted molar refractivity (Wildman–Crippen MR) is 128 cm³/mol. The van der Waals surface area contributed by atoms with Crippen molar-refractivity contribution < 1.29 is 22.3 Å². The molecule has 1 saturated carbocycles. The largest absolute Gasteiger partial charge is 0.490 e. The molecule has 0 bridgehead atoms. The molecule has 0 saturated heterocycles. The lowest BCUT2D eigenvalue weighted by Gasteiger charge is -2.28. The number of aryl methyl sites for hydroxylation is 3. The number of hydrogen-bond donors (Lipinski definition) is 0. The van der Waals surface area contributed by atoms with Gasteiger partial charge in [-0.1, -0.05) is 58.4 Å². The minimum atomic E-state index is -1.14. The molecule has 0 atom stereocenters. The molecule has 0 amide bonds. The third kappa shape index (κ3) is 5.13. The van der Waals surface area contributed by atoms with Crippen LogP contribution in [0.1, 0.15) is 88.3 Å². The van der Waals surface area contributed by atoms with Gasteiger partial charge in [-0.2, -0.15) is 4.39 Å². The first-order chi connectivity index (χ1) is 16.4. The molecule has 186 valence electrons. The second kappa shape index (κ2) is 11.1. The predicted octanol–water partition coefficient (Wildman–Crippen LogP) is 8.73. The molecule has 1 nitrogen and oxygen atoms in total. The minimum Gasteiger partial charge on any atom is -0.490 e. The average Bonchev–Trinajstić information content (AvgIpc) is 2.84. The van der Waals surface area contributed by atoms with E-state index in [4.69, 9.17) is 4.74 Å². The molecule has 5 heteroatoms. The summed E-state index contributed by atoms with van der Waals surface area (Å²) in [5, 5.41) is 0. The Hall–Kier alpha value is -2.04. The van der Waals surface area contributed by atoms with Gasteiger partial charge in [0.05, 0.1) is 6.61 Å². The first-order valence-electron chi connectivity index (χ1n) is 13.1. The summed E-state index contributed by atoms with van der Waals surface area (Å²) in [6.07, 6.45) is 10.9. The highest BCUT2D eigenvalue weighted by atomic mass is 19.2. The quantitative estimate of drug-likeness (QED) is 0.260. The molecule has 0 N–H and O–H groups in total. The molecule has 0 aromatic heterocycles. The van der Waals surface area contributed by atoms with Crippen LogP contribution in [0, 0.1) is 35.1 Å². The zero-order valence-corrected chi connectivity index (χ0v) is 20.4. The Morgan fingerprint density at radius 1 is 0.735 bits per heavy atom. The highest BCUT2D eigenvalue weighted by Crippen LogP contribution is 2.42. The second-order valence-corrected chi connectivity index (χ2v) is 10.2. The van der Waals surface area contributed by atoms with E-state index >= 15 is 13.2 Å². The summed E-state index contributed by atoms with van der Waals surface area (Å²) in [6, 6.07) is 3.13. The molecule has 34 heavy (non-hydrogen) atoms. The SMILES string of the molecule is CCCCCc1cc2c(c(F)c1F)-c1c(cc(OCC3CCC(CCC)CC3)c(F)c1F)CC2. The van der Waals surface area contributed by atoms with Gasteiger partial charge in [0.15, 0.2) is 23.2 Å². The summed E-state index contributed by atoms with van der Waals surface area (Å²) in [4.78, 5) is 0. The van der Waals surface area contributed by atoms with E-state index in [9.17, 15) is 4.39 Å². The first-order valence-corrected chi connectivity index (χ1v) is 13.1. The van der Waals surface area contributed by atoms with E-state index in [-0.39, 0.29) is 16.9 Å². The highest BCUT2D eigenvalue weighted by Gasteiger charge is 2.31. The number of halogens is 4. The van der Waals surface area contributed by atoms with Crippen LogP contribution in [0.2, 0.25) is 0 Å². The van der Waals surface area contributed by atoms with Crippen molar-refractivity contribution >= 4 is 0 Å². The highest BCUT2D eigenvalue weighted by molar-refractivity contribution is 5.76. The van der Waals surface area contributed by atoms with Gasteiger partial charge < -0.3 is 4.74 Å². The molecule has 2 aromatic rings. The summed E-state index contributed by atoms with van der Waals surface area (Å²) in [5.74, 6) is -3.28. The van der Waals surface area contributed by atoms with Crippen LogP contribution < -0.4 is 4.74 Å². The molecule has 0 unspecified atom stereocenters. The van der Waals surface area contributed by atoms with E-state index in [1.165, 1.54) is 18.9 Å². The van der Waals surface area contributed by atoms with Crippen LogP contribution >= 0.6 is 0 Å². The van der Waals surface area contributed by atoms with Crippen molar-refractivity contribution in [2.24, 2.45) is 11.8 Å². The van der Waals surface area contributed by atoms with E-state index in [0.29, 0.717) is 48.5 Å². The van der Waals surface area contributed by atoms with E-state index in [1.807, 2.05) is 6.92 Å². The first kappa shape index (κ1) is 25.1. The number of unbranched alkanes of at least 4 members (excludes halogenated alkanes) is 2. The number of benzene rings is 2. The van der Waals surface area contributed by atoms with Crippen molar-refractivity contribution in [2.45, 2.75) is 90.9 Å². The van der Waals surface area contributed by atoms with Crippen LogP contribution in [-0.2, 0) is 19.3 Å². The van der Waals surface area contributed by atoms with Crippen molar-refractivity contribution in [3.8, 4) is 16.9 Å². The Morgan fingerprint density at radius 2 is 1.35 bits per heavy atom. The molecular formula is C29H36F4O. The van der Waals surface area contributed by atoms with Crippen LogP contribution in [0.25, 0.3) is 11.1 Å². The maximum atomic E-state index is 15.2. The molecule has 0 aliphatic heterocycles. The van der Waals surface area contributed by atoms with Crippen LogP contribution in [-0.4, -0.2) is 6.61 Å². The van der Waals surface area contributed by atoms with Crippen molar-refractivity contribution in [3.63, 3.8) is 0 Å². The third-order valence-electron chi connectivity index (χ3n) is 7.72. The zero-order chi connectivity index (χ0) is 24.2. The lowest BCUT2D eigenvalue weighted by Crippen LogP contribution is -2.20. The average molecular weight is 477 g/mol. The van der Waals surface area contributed by atoms with Gasteiger partial charge in [-0.05, 0) is 73.1 Å². The monoisotopic (exact) mass is 476 g/mol. The van der Waals surface area contributed by atoms with E-state index in [1.54, 1.807) is 6.07 Å². The molecule has 0 heterocycles. The summed E-state index contributed by atoms with van der Waals surface area (Å²) in [6.45, 7) is 4.61.